The molecule has 0 aliphatic carbocycles. The molecule has 0 spiro atoms. The molecule has 0 bridgehead atoms. The summed E-state index contributed by atoms with van der Waals surface area (Å²) in [5.74, 6) is 0.364. The van der Waals surface area contributed by atoms with Gasteiger partial charge in [0.1, 0.15) is 5.60 Å². The summed E-state index contributed by atoms with van der Waals surface area (Å²) in [6, 6.07) is 3.90. The third kappa shape index (κ3) is 8.91. The third-order valence-electron chi connectivity index (χ3n) is 4.38. The van der Waals surface area contributed by atoms with Gasteiger partial charge in [-0.1, -0.05) is 36.2 Å². The van der Waals surface area contributed by atoms with Gasteiger partial charge in [0.15, 0.2) is 0 Å². The molecule has 1 atom stereocenters. The van der Waals surface area contributed by atoms with Crippen molar-refractivity contribution in [1.29, 1.82) is 0 Å². The fraction of sp³-hybridized carbons (Fsp3) is 0.636. The van der Waals surface area contributed by atoms with Crippen molar-refractivity contribution in [3.8, 4) is 0 Å². The normalized spacial score (nSPS) is 13.1. The van der Waals surface area contributed by atoms with E-state index in [2.05, 4.69) is 34.8 Å². The molecule has 1 unspecified atom stereocenters. The smallest absolute Gasteiger partial charge is 0.306 e. The molecule has 0 fully saturated rings. The zero-order valence-electron chi connectivity index (χ0n) is 17.5. The van der Waals surface area contributed by atoms with Gasteiger partial charge in [0.05, 0.1) is 0 Å². The summed E-state index contributed by atoms with van der Waals surface area (Å²) in [5, 5.41) is 0. The highest BCUT2D eigenvalue weighted by molar-refractivity contribution is 9.10. The van der Waals surface area contributed by atoms with E-state index in [0.717, 1.165) is 54.4 Å². The molecule has 1 aromatic rings. The molecule has 5 heteroatoms. The average Bonchev–Trinajstić information content (AvgIpc) is 2.56. The van der Waals surface area contributed by atoms with Gasteiger partial charge >= 0.3 is 5.97 Å². The summed E-state index contributed by atoms with van der Waals surface area (Å²) in [6.45, 7) is 10.8. The summed E-state index contributed by atoms with van der Waals surface area (Å²) in [5.41, 5.74) is 8.69. The second kappa shape index (κ2) is 11.5. The number of benzene rings is 1. The van der Waals surface area contributed by atoms with Crippen molar-refractivity contribution in [2.45, 2.75) is 78.7 Å². The van der Waals surface area contributed by atoms with Gasteiger partial charge in [-0.05, 0) is 70.1 Å². The fourth-order valence-corrected chi connectivity index (χ4v) is 3.75. The van der Waals surface area contributed by atoms with E-state index in [1.165, 1.54) is 5.56 Å². The predicted octanol–water partition coefficient (Wildman–Crippen LogP) is 5.94. The summed E-state index contributed by atoms with van der Waals surface area (Å²) in [7, 11) is 0. The molecular weight excluding hydrogens is 404 g/mol. The molecule has 0 radical (unpaired) electrons. The first-order valence-corrected chi connectivity index (χ1v) is 10.8. The number of ether oxygens (including phenoxy) is 1. The summed E-state index contributed by atoms with van der Waals surface area (Å²) >= 11 is 3.59. The fourth-order valence-electron chi connectivity index (χ4n) is 3.12. The van der Waals surface area contributed by atoms with Crippen molar-refractivity contribution < 1.29 is 9.53 Å². The van der Waals surface area contributed by atoms with Crippen LogP contribution in [0.15, 0.2) is 21.6 Å². The summed E-state index contributed by atoms with van der Waals surface area (Å²) < 4.78 is 6.45. The van der Waals surface area contributed by atoms with Crippen LogP contribution in [0.4, 0.5) is 5.69 Å². The number of nitrogens with zero attached hydrogens (tertiary/aromatic N) is 1. The number of halogens is 1. The van der Waals surface area contributed by atoms with Crippen LogP contribution >= 0.6 is 15.9 Å². The van der Waals surface area contributed by atoms with Crippen molar-refractivity contribution in [2.24, 2.45) is 10.9 Å². The third-order valence-corrected chi connectivity index (χ3v) is 5.12. The van der Waals surface area contributed by atoms with Gasteiger partial charge in [0.25, 0.3) is 0 Å². The minimum Gasteiger partial charge on any atom is -0.460 e. The van der Waals surface area contributed by atoms with Crippen LogP contribution < -0.4 is 5.73 Å². The number of hydrogen-bond acceptors (Lipinski definition) is 4. The molecule has 0 saturated carbocycles. The van der Waals surface area contributed by atoms with Gasteiger partial charge in [-0.2, -0.15) is 0 Å². The molecule has 0 saturated heterocycles. The molecule has 0 amide bonds. The van der Waals surface area contributed by atoms with E-state index in [1.807, 2.05) is 39.1 Å². The highest BCUT2D eigenvalue weighted by Gasteiger charge is 2.16. The maximum absolute atomic E-state index is 11.9. The van der Waals surface area contributed by atoms with Crippen LogP contribution in [-0.2, 0) is 16.0 Å². The monoisotopic (exact) mass is 438 g/mol. The Hall–Kier alpha value is -1.36. The minimum atomic E-state index is -0.412. The van der Waals surface area contributed by atoms with Gasteiger partial charge in [-0.3, -0.25) is 9.79 Å². The molecule has 0 aromatic heterocycles. The highest BCUT2D eigenvalue weighted by Crippen LogP contribution is 2.25. The van der Waals surface area contributed by atoms with E-state index >= 15 is 0 Å². The Morgan fingerprint density at radius 2 is 2.00 bits per heavy atom. The Kier molecular flexibility index (Phi) is 10.1. The second-order valence-electron chi connectivity index (χ2n) is 8.01. The van der Waals surface area contributed by atoms with Gasteiger partial charge < -0.3 is 10.5 Å². The van der Waals surface area contributed by atoms with Gasteiger partial charge in [0.2, 0.25) is 0 Å². The van der Waals surface area contributed by atoms with Gasteiger partial charge in [-0.25, -0.2) is 0 Å². The van der Waals surface area contributed by atoms with Crippen LogP contribution in [-0.4, -0.2) is 24.3 Å². The zero-order valence-corrected chi connectivity index (χ0v) is 19.1. The first-order valence-electron chi connectivity index (χ1n) is 9.96. The molecule has 152 valence electrons. The van der Waals surface area contributed by atoms with Crippen molar-refractivity contribution in [3.63, 3.8) is 0 Å². The lowest BCUT2D eigenvalue weighted by Gasteiger charge is -2.20. The number of esters is 1. The van der Waals surface area contributed by atoms with Crippen LogP contribution in [0.3, 0.4) is 0 Å². The highest BCUT2D eigenvalue weighted by atomic mass is 79.9. The van der Waals surface area contributed by atoms with E-state index in [-0.39, 0.29) is 5.97 Å². The van der Waals surface area contributed by atoms with Crippen molar-refractivity contribution >= 4 is 33.8 Å². The number of nitrogens with two attached hydrogens (primary N) is 1. The number of anilines is 1. The van der Waals surface area contributed by atoms with Crippen LogP contribution in [0, 0.1) is 5.92 Å². The first-order chi connectivity index (χ1) is 12.7. The second-order valence-corrected chi connectivity index (χ2v) is 8.86. The predicted molar refractivity (Wildman–Crippen MR) is 118 cm³/mol. The molecule has 2 N–H and O–H groups in total. The summed E-state index contributed by atoms with van der Waals surface area (Å²) in [4.78, 5) is 16.6. The molecule has 1 rings (SSSR count). The number of rotatable bonds is 10. The summed E-state index contributed by atoms with van der Waals surface area (Å²) in [6.07, 6.45) is 7.34. The first kappa shape index (κ1) is 23.7. The molecule has 27 heavy (non-hydrogen) atoms. The zero-order chi connectivity index (χ0) is 20.4. The molecule has 4 nitrogen and oxygen atoms in total. The number of carbonyl (C=O) groups excluding carboxylic acids is 1. The van der Waals surface area contributed by atoms with Gasteiger partial charge in [-0.15, -0.1) is 0 Å². The number of aliphatic imine (C=N–C) groups is 1. The lowest BCUT2D eigenvalue weighted by molar-refractivity contribution is -0.154. The SMILES string of the molecule is CCCC(CCCC(=O)OC(C)(C)C)CN=Cc1c(N)ccc(Br)c1CC. The molecule has 1 aromatic carbocycles. The van der Waals surface area contributed by atoms with Crippen LogP contribution in [0.25, 0.3) is 0 Å². The Balaban J connectivity index is 2.62. The average molecular weight is 439 g/mol. The lowest BCUT2D eigenvalue weighted by atomic mass is 9.97. The lowest BCUT2D eigenvalue weighted by Crippen LogP contribution is -2.23. The Morgan fingerprint density at radius 3 is 2.59 bits per heavy atom. The van der Waals surface area contributed by atoms with E-state index in [9.17, 15) is 4.79 Å². The number of nitrogen functional groups attached to an aromatic ring is 1. The van der Waals surface area contributed by atoms with Crippen molar-refractivity contribution in [1.82, 2.24) is 0 Å². The molecule has 0 aliphatic rings. The standard InChI is InChI=1S/C22H35BrN2O2/c1-6-9-16(10-8-11-21(26)27-22(3,4)5)14-25-15-18-17(7-2)19(23)12-13-20(18)24/h12-13,15-16H,6-11,14,24H2,1-5H3. The molecule has 0 aliphatic heterocycles. The Morgan fingerprint density at radius 1 is 1.30 bits per heavy atom. The Bertz CT molecular complexity index is 636. The largest absolute Gasteiger partial charge is 0.460 e. The van der Waals surface area contributed by atoms with E-state index in [0.29, 0.717) is 12.3 Å². The quantitative estimate of drug-likeness (QED) is 0.279. The number of carbonyl (C=O) groups is 1. The van der Waals surface area contributed by atoms with Gasteiger partial charge in [0, 0.05) is 34.9 Å². The topological polar surface area (TPSA) is 64.7 Å². The van der Waals surface area contributed by atoms with Crippen LogP contribution in [0.5, 0.6) is 0 Å². The van der Waals surface area contributed by atoms with E-state index < -0.39 is 5.60 Å². The van der Waals surface area contributed by atoms with E-state index in [4.69, 9.17) is 10.5 Å². The molecular formula is C22H35BrN2O2. The van der Waals surface area contributed by atoms with Crippen LogP contribution in [0.2, 0.25) is 0 Å². The molecule has 0 heterocycles. The number of hydrogen-bond donors (Lipinski definition) is 1. The van der Waals surface area contributed by atoms with E-state index in [1.54, 1.807) is 0 Å². The van der Waals surface area contributed by atoms with Crippen LogP contribution in [0.1, 0.15) is 77.8 Å². The maximum Gasteiger partial charge on any atom is 0.306 e. The Labute approximate surface area is 173 Å². The maximum atomic E-state index is 11.9. The van der Waals surface area contributed by atoms with Crippen molar-refractivity contribution in [2.75, 3.05) is 12.3 Å². The van der Waals surface area contributed by atoms with Crippen molar-refractivity contribution in [3.05, 3.63) is 27.7 Å². The minimum absolute atomic E-state index is 0.115.